The molecule has 0 fully saturated rings. The van der Waals surface area contributed by atoms with Crippen LogP contribution in [0.5, 0.6) is 5.75 Å². The maximum atomic E-state index is 6.16. The molecule has 0 N–H and O–H groups in total. The zero-order chi connectivity index (χ0) is 20.7. The molecule has 4 aromatic carbocycles. The summed E-state index contributed by atoms with van der Waals surface area (Å²) in [6.07, 6.45) is 0. The number of nitrogens with zero attached hydrogens (tertiary/aromatic N) is 1. The smallest absolute Gasteiger partial charge is 0.217 e. The molecule has 1 aliphatic rings. The van der Waals surface area contributed by atoms with Crippen LogP contribution in [-0.4, -0.2) is 25.7 Å². The highest BCUT2D eigenvalue weighted by Gasteiger charge is 2.28. The Morgan fingerprint density at radius 3 is 2.33 bits per heavy atom. The van der Waals surface area contributed by atoms with Crippen LogP contribution in [0.4, 0.5) is 0 Å². The van der Waals surface area contributed by atoms with E-state index in [-0.39, 0.29) is 6.04 Å². The van der Waals surface area contributed by atoms with Gasteiger partial charge >= 0.3 is 0 Å². The second-order valence-corrected chi connectivity index (χ2v) is 8.17. The number of hydrogen-bond acceptors (Lipinski definition) is 3. The minimum absolute atomic E-state index is 0.175. The summed E-state index contributed by atoms with van der Waals surface area (Å²) in [4.78, 5) is 4.97. The SMILES string of the molecule is COc1cc2ccccc2c(C2=N[C@@H](C(C)C)CO2)c1-c1ccc2ccccc2c1. The van der Waals surface area contributed by atoms with Crippen molar-refractivity contribution in [3.63, 3.8) is 0 Å². The van der Waals surface area contributed by atoms with Crippen molar-refractivity contribution >= 4 is 27.4 Å². The third-order valence-corrected chi connectivity index (χ3v) is 5.93. The minimum atomic E-state index is 0.175. The molecule has 0 bridgehead atoms. The maximum absolute atomic E-state index is 6.16. The van der Waals surface area contributed by atoms with E-state index in [9.17, 15) is 0 Å². The Bertz CT molecular complexity index is 1270. The molecule has 0 spiro atoms. The van der Waals surface area contributed by atoms with E-state index in [1.165, 1.54) is 10.8 Å². The normalized spacial score (nSPS) is 16.1. The van der Waals surface area contributed by atoms with E-state index >= 15 is 0 Å². The first-order valence-electron chi connectivity index (χ1n) is 10.5. The number of fused-ring (bicyclic) bond motifs is 2. The lowest BCUT2D eigenvalue weighted by Gasteiger charge is -2.18. The van der Waals surface area contributed by atoms with Crippen molar-refractivity contribution in [1.29, 1.82) is 0 Å². The number of ether oxygens (including phenoxy) is 2. The minimum Gasteiger partial charge on any atom is -0.496 e. The van der Waals surface area contributed by atoms with Crippen LogP contribution in [0.1, 0.15) is 19.4 Å². The highest BCUT2D eigenvalue weighted by molar-refractivity contribution is 6.14. The molecule has 150 valence electrons. The Hall–Kier alpha value is -3.33. The number of rotatable bonds is 4. The molecule has 5 rings (SSSR count). The Labute approximate surface area is 177 Å². The van der Waals surface area contributed by atoms with Gasteiger partial charge in [-0.15, -0.1) is 0 Å². The van der Waals surface area contributed by atoms with E-state index in [1.54, 1.807) is 7.11 Å². The topological polar surface area (TPSA) is 30.8 Å². The predicted molar refractivity (Wildman–Crippen MR) is 125 cm³/mol. The second-order valence-electron chi connectivity index (χ2n) is 8.17. The van der Waals surface area contributed by atoms with Crippen LogP contribution < -0.4 is 4.74 Å². The van der Waals surface area contributed by atoms with Gasteiger partial charge < -0.3 is 9.47 Å². The number of hydrogen-bond donors (Lipinski definition) is 0. The molecule has 3 heteroatoms. The van der Waals surface area contributed by atoms with Crippen molar-refractivity contribution in [2.75, 3.05) is 13.7 Å². The van der Waals surface area contributed by atoms with Gasteiger partial charge in [-0.2, -0.15) is 0 Å². The summed E-state index contributed by atoms with van der Waals surface area (Å²) in [6.45, 7) is 5.00. The molecular weight excluding hydrogens is 370 g/mol. The molecule has 1 heterocycles. The zero-order valence-electron chi connectivity index (χ0n) is 17.6. The fraction of sp³-hybridized carbons (Fsp3) is 0.222. The van der Waals surface area contributed by atoms with Crippen LogP contribution in [0, 0.1) is 5.92 Å². The summed E-state index contributed by atoms with van der Waals surface area (Å²) >= 11 is 0. The van der Waals surface area contributed by atoms with Gasteiger partial charge in [0.2, 0.25) is 5.90 Å². The molecule has 1 aliphatic heterocycles. The standard InChI is InChI=1S/C27H25NO2/c1-17(2)23-16-30-27(28-23)26-22-11-7-6-10-20(22)15-24(29-3)25(26)21-13-12-18-8-4-5-9-19(18)14-21/h4-15,17,23H,16H2,1-3H3/t23-/m1/s1. The number of methoxy groups -OCH3 is 1. The first-order valence-corrected chi connectivity index (χ1v) is 10.5. The molecule has 0 saturated heterocycles. The van der Waals surface area contributed by atoms with Gasteiger partial charge in [-0.25, -0.2) is 4.99 Å². The molecule has 1 atom stereocenters. The van der Waals surface area contributed by atoms with Crippen LogP contribution >= 0.6 is 0 Å². The summed E-state index contributed by atoms with van der Waals surface area (Å²) in [5.74, 6) is 1.98. The van der Waals surface area contributed by atoms with Gasteiger partial charge in [0, 0.05) is 5.56 Å². The van der Waals surface area contributed by atoms with E-state index in [1.807, 2.05) is 0 Å². The number of aliphatic imine (C=N–C) groups is 1. The van der Waals surface area contributed by atoms with Crippen LogP contribution in [0.25, 0.3) is 32.7 Å². The van der Waals surface area contributed by atoms with E-state index < -0.39 is 0 Å². The summed E-state index contributed by atoms with van der Waals surface area (Å²) in [5, 5.41) is 4.67. The molecule has 0 radical (unpaired) electrons. The highest BCUT2D eigenvalue weighted by atomic mass is 16.5. The average Bonchev–Trinajstić information content (AvgIpc) is 3.27. The molecule has 30 heavy (non-hydrogen) atoms. The summed E-state index contributed by atoms with van der Waals surface area (Å²) < 4.78 is 12.0. The average molecular weight is 396 g/mol. The van der Waals surface area contributed by atoms with Crippen LogP contribution in [0.15, 0.2) is 77.8 Å². The zero-order valence-corrected chi connectivity index (χ0v) is 17.6. The lowest BCUT2D eigenvalue weighted by molar-refractivity contribution is 0.292. The Morgan fingerprint density at radius 1 is 0.867 bits per heavy atom. The summed E-state index contributed by atoms with van der Waals surface area (Å²) in [7, 11) is 1.73. The third-order valence-electron chi connectivity index (χ3n) is 5.93. The first-order chi connectivity index (χ1) is 14.7. The van der Waals surface area contributed by atoms with E-state index in [0.717, 1.165) is 33.2 Å². The largest absolute Gasteiger partial charge is 0.496 e. The highest BCUT2D eigenvalue weighted by Crippen LogP contribution is 2.41. The first kappa shape index (κ1) is 18.7. The van der Waals surface area contributed by atoms with Crippen molar-refractivity contribution in [2.24, 2.45) is 10.9 Å². The molecule has 0 aromatic heterocycles. The summed E-state index contributed by atoms with van der Waals surface area (Å²) in [6, 6.07) is 25.6. The molecule has 4 aromatic rings. The van der Waals surface area contributed by atoms with Gasteiger partial charge in [0.05, 0.1) is 18.7 Å². The quantitative estimate of drug-likeness (QED) is 0.396. The Balaban J connectivity index is 1.83. The van der Waals surface area contributed by atoms with E-state index in [2.05, 4.69) is 86.6 Å². The number of benzene rings is 4. The molecule has 0 amide bonds. The fourth-order valence-electron chi connectivity index (χ4n) is 4.20. The molecule has 0 unspecified atom stereocenters. The third kappa shape index (κ3) is 3.11. The van der Waals surface area contributed by atoms with Gasteiger partial charge in [-0.05, 0) is 45.2 Å². The Kier molecular flexibility index (Phi) is 4.66. The lowest BCUT2D eigenvalue weighted by Crippen LogP contribution is -2.13. The molecule has 3 nitrogen and oxygen atoms in total. The van der Waals surface area contributed by atoms with Crippen molar-refractivity contribution in [3.05, 3.63) is 78.4 Å². The predicted octanol–water partition coefficient (Wildman–Crippen LogP) is 6.47. The van der Waals surface area contributed by atoms with Crippen LogP contribution in [0.3, 0.4) is 0 Å². The van der Waals surface area contributed by atoms with Crippen molar-refractivity contribution in [3.8, 4) is 16.9 Å². The Morgan fingerprint density at radius 2 is 1.60 bits per heavy atom. The van der Waals surface area contributed by atoms with Crippen LogP contribution in [0.2, 0.25) is 0 Å². The summed E-state index contributed by atoms with van der Waals surface area (Å²) in [5.41, 5.74) is 3.15. The fourth-order valence-corrected chi connectivity index (χ4v) is 4.20. The molecular formula is C27H25NO2. The second kappa shape index (κ2) is 7.49. The van der Waals surface area contributed by atoms with Crippen LogP contribution in [-0.2, 0) is 4.74 Å². The van der Waals surface area contributed by atoms with Crippen molar-refractivity contribution < 1.29 is 9.47 Å². The lowest BCUT2D eigenvalue weighted by atomic mass is 9.91. The molecule has 0 saturated carbocycles. The van der Waals surface area contributed by atoms with Crippen molar-refractivity contribution in [1.82, 2.24) is 0 Å². The van der Waals surface area contributed by atoms with Gasteiger partial charge in [0.1, 0.15) is 12.4 Å². The van der Waals surface area contributed by atoms with E-state index in [4.69, 9.17) is 14.5 Å². The van der Waals surface area contributed by atoms with Crippen molar-refractivity contribution in [2.45, 2.75) is 19.9 Å². The van der Waals surface area contributed by atoms with Gasteiger partial charge in [-0.3, -0.25) is 0 Å². The monoisotopic (exact) mass is 395 g/mol. The maximum Gasteiger partial charge on any atom is 0.217 e. The molecule has 0 aliphatic carbocycles. The van der Waals surface area contributed by atoms with Gasteiger partial charge in [-0.1, -0.05) is 74.5 Å². The van der Waals surface area contributed by atoms with Gasteiger partial charge in [0.15, 0.2) is 0 Å². The van der Waals surface area contributed by atoms with E-state index in [0.29, 0.717) is 18.4 Å². The van der Waals surface area contributed by atoms with Gasteiger partial charge in [0.25, 0.3) is 0 Å².